The molecule has 0 saturated carbocycles. The molecular weight excluding hydrogens is 230 g/mol. The van der Waals surface area contributed by atoms with Crippen molar-refractivity contribution >= 4 is 28.0 Å². The molecule has 0 saturated heterocycles. The van der Waals surface area contributed by atoms with Gasteiger partial charge in [-0.2, -0.15) is 11.3 Å². The van der Waals surface area contributed by atoms with Crippen LogP contribution in [0.3, 0.4) is 0 Å². The molecule has 0 aliphatic heterocycles. The zero-order valence-electron chi connectivity index (χ0n) is 8.96. The standard InChI is InChI=1S/C14H9NOS/c16-14(10-6-8-17-9-10)12-5-7-15-13-4-2-1-3-11(12)13/h1-9H. The highest BCUT2D eigenvalue weighted by Crippen LogP contribution is 2.20. The van der Waals surface area contributed by atoms with Crippen LogP contribution in [-0.4, -0.2) is 10.8 Å². The monoisotopic (exact) mass is 239 g/mol. The SMILES string of the molecule is O=C(c1ccsc1)c1ccnc2ccccc12. The van der Waals surface area contributed by atoms with Crippen LogP contribution in [0.4, 0.5) is 0 Å². The fourth-order valence-electron chi connectivity index (χ4n) is 1.84. The maximum Gasteiger partial charge on any atom is 0.194 e. The molecule has 0 aliphatic carbocycles. The second-order valence-corrected chi connectivity index (χ2v) is 4.50. The van der Waals surface area contributed by atoms with Gasteiger partial charge in [0.05, 0.1) is 5.52 Å². The van der Waals surface area contributed by atoms with Crippen LogP contribution >= 0.6 is 11.3 Å². The highest BCUT2D eigenvalue weighted by molar-refractivity contribution is 7.08. The van der Waals surface area contributed by atoms with E-state index in [4.69, 9.17) is 0 Å². The van der Waals surface area contributed by atoms with Gasteiger partial charge in [-0.15, -0.1) is 0 Å². The quantitative estimate of drug-likeness (QED) is 0.640. The van der Waals surface area contributed by atoms with Crippen LogP contribution in [0, 0.1) is 0 Å². The molecule has 82 valence electrons. The van der Waals surface area contributed by atoms with E-state index in [1.807, 2.05) is 41.1 Å². The molecule has 2 aromatic heterocycles. The highest BCUT2D eigenvalue weighted by Gasteiger charge is 2.12. The molecule has 0 amide bonds. The van der Waals surface area contributed by atoms with Gasteiger partial charge in [0.25, 0.3) is 0 Å². The number of fused-ring (bicyclic) bond motifs is 1. The fourth-order valence-corrected chi connectivity index (χ4v) is 2.48. The van der Waals surface area contributed by atoms with Crippen molar-refractivity contribution in [3.63, 3.8) is 0 Å². The van der Waals surface area contributed by atoms with E-state index in [1.165, 1.54) is 11.3 Å². The van der Waals surface area contributed by atoms with Gasteiger partial charge < -0.3 is 0 Å². The number of pyridine rings is 1. The Morgan fingerprint density at radius 1 is 1.12 bits per heavy atom. The summed E-state index contributed by atoms with van der Waals surface area (Å²) >= 11 is 1.53. The molecule has 3 aromatic rings. The molecule has 17 heavy (non-hydrogen) atoms. The van der Waals surface area contributed by atoms with E-state index in [0.717, 1.165) is 16.5 Å². The van der Waals surface area contributed by atoms with Crippen molar-refractivity contribution in [1.29, 1.82) is 0 Å². The van der Waals surface area contributed by atoms with E-state index in [9.17, 15) is 4.79 Å². The molecule has 2 heterocycles. The minimum absolute atomic E-state index is 0.0600. The normalized spacial score (nSPS) is 10.6. The molecule has 0 radical (unpaired) electrons. The number of ketones is 1. The van der Waals surface area contributed by atoms with Crippen LogP contribution in [0.5, 0.6) is 0 Å². The van der Waals surface area contributed by atoms with Gasteiger partial charge in [-0.05, 0) is 23.6 Å². The zero-order valence-corrected chi connectivity index (χ0v) is 9.78. The number of thiophene rings is 1. The Hall–Kier alpha value is -2.00. The van der Waals surface area contributed by atoms with Gasteiger partial charge in [-0.25, -0.2) is 0 Å². The second-order valence-electron chi connectivity index (χ2n) is 3.72. The molecule has 0 aliphatic rings. The number of carbonyl (C=O) groups is 1. The van der Waals surface area contributed by atoms with Crippen LogP contribution < -0.4 is 0 Å². The van der Waals surface area contributed by atoms with Crippen LogP contribution in [0.15, 0.2) is 53.4 Å². The minimum atomic E-state index is 0.0600. The average molecular weight is 239 g/mol. The summed E-state index contributed by atoms with van der Waals surface area (Å²) in [6.07, 6.45) is 1.68. The van der Waals surface area contributed by atoms with E-state index in [2.05, 4.69) is 4.98 Å². The molecule has 0 unspecified atom stereocenters. The first-order valence-electron chi connectivity index (χ1n) is 5.27. The predicted molar refractivity (Wildman–Crippen MR) is 69.5 cm³/mol. The number of rotatable bonds is 2. The first kappa shape index (κ1) is 10.2. The van der Waals surface area contributed by atoms with Gasteiger partial charge in [-0.1, -0.05) is 18.2 Å². The lowest BCUT2D eigenvalue weighted by Gasteiger charge is -2.03. The largest absolute Gasteiger partial charge is 0.289 e. The number of para-hydroxylation sites is 1. The molecule has 3 heteroatoms. The maximum atomic E-state index is 12.3. The molecule has 3 rings (SSSR count). The first-order chi connectivity index (χ1) is 8.36. The van der Waals surface area contributed by atoms with E-state index in [0.29, 0.717) is 5.56 Å². The van der Waals surface area contributed by atoms with Crippen molar-refractivity contribution in [3.8, 4) is 0 Å². The summed E-state index contributed by atoms with van der Waals surface area (Å²) in [6.45, 7) is 0. The molecule has 0 fully saturated rings. The zero-order chi connectivity index (χ0) is 11.7. The van der Waals surface area contributed by atoms with E-state index >= 15 is 0 Å². The highest BCUT2D eigenvalue weighted by atomic mass is 32.1. The average Bonchev–Trinajstić information content (AvgIpc) is 2.91. The summed E-state index contributed by atoms with van der Waals surface area (Å²) in [6, 6.07) is 11.3. The Balaban J connectivity index is 2.21. The van der Waals surface area contributed by atoms with Gasteiger partial charge in [0, 0.05) is 28.1 Å². The van der Waals surface area contributed by atoms with Crippen molar-refractivity contribution in [3.05, 3.63) is 64.5 Å². The van der Waals surface area contributed by atoms with Crippen LogP contribution in [-0.2, 0) is 0 Å². The molecule has 0 atom stereocenters. The van der Waals surface area contributed by atoms with E-state index in [-0.39, 0.29) is 5.78 Å². The van der Waals surface area contributed by atoms with Crippen molar-refractivity contribution in [2.75, 3.05) is 0 Å². The van der Waals surface area contributed by atoms with Gasteiger partial charge >= 0.3 is 0 Å². The number of hydrogen-bond donors (Lipinski definition) is 0. The third-order valence-electron chi connectivity index (χ3n) is 2.68. The summed E-state index contributed by atoms with van der Waals surface area (Å²) in [4.78, 5) is 16.6. The van der Waals surface area contributed by atoms with Gasteiger partial charge in [0.15, 0.2) is 5.78 Å². The fraction of sp³-hybridized carbons (Fsp3) is 0. The maximum absolute atomic E-state index is 12.3. The van der Waals surface area contributed by atoms with Crippen LogP contribution in [0.1, 0.15) is 15.9 Å². The lowest BCUT2D eigenvalue weighted by molar-refractivity contribution is 0.104. The predicted octanol–water partition coefficient (Wildman–Crippen LogP) is 3.53. The number of benzene rings is 1. The Kier molecular flexibility index (Phi) is 2.46. The van der Waals surface area contributed by atoms with Crippen molar-refractivity contribution in [2.24, 2.45) is 0 Å². The Labute approximate surface area is 103 Å². The van der Waals surface area contributed by atoms with Gasteiger partial charge in [0.2, 0.25) is 0 Å². The lowest BCUT2D eigenvalue weighted by atomic mass is 10.0. The van der Waals surface area contributed by atoms with Gasteiger partial charge in [-0.3, -0.25) is 9.78 Å². The third-order valence-corrected chi connectivity index (χ3v) is 3.36. The molecule has 0 N–H and O–H groups in total. The molecule has 0 spiro atoms. The van der Waals surface area contributed by atoms with E-state index in [1.54, 1.807) is 12.3 Å². The Morgan fingerprint density at radius 2 is 2.00 bits per heavy atom. The smallest absolute Gasteiger partial charge is 0.194 e. The topological polar surface area (TPSA) is 30.0 Å². The summed E-state index contributed by atoms with van der Waals surface area (Å²) in [5, 5.41) is 4.69. The summed E-state index contributed by atoms with van der Waals surface area (Å²) in [7, 11) is 0. The molecule has 2 nitrogen and oxygen atoms in total. The van der Waals surface area contributed by atoms with Crippen molar-refractivity contribution in [2.45, 2.75) is 0 Å². The summed E-state index contributed by atoms with van der Waals surface area (Å²) in [5.41, 5.74) is 2.31. The first-order valence-corrected chi connectivity index (χ1v) is 6.21. The molecule has 0 bridgehead atoms. The number of hydrogen-bond acceptors (Lipinski definition) is 3. The molecule has 1 aromatic carbocycles. The minimum Gasteiger partial charge on any atom is -0.289 e. The Morgan fingerprint density at radius 3 is 2.82 bits per heavy atom. The lowest BCUT2D eigenvalue weighted by Crippen LogP contribution is -2.00. The van der Waals surface area contributed by atoms with Gasteiger partial charge in [0.1, 0.15) is 0 Å². The number of aromatic nitrogens is 1. The Bertz CT molecular complexity index is 668. The summed E-state index contributed by atoms with van der Waals surface area (Å²) in [5.74, 6) is 0.0600. The molecular formula is C14H9NOS. The van der Waals surface area contributed by atoms with Crippen molar-refractivity contribution < 1.29 is 4.79 Å². The number of carbonyl (C=O) groups excluding carboxylic acids is 1. The second kappa shape index (κ2) is 4.11. The number of nitrogens with zero attached hydrogens (tertiary/aromatic N) is 1. The van der Waals surface area contributed by atoms with Crippen LogP contribution in [0.2, 0.25) is 0 Å². The van der Waals surface area contributed by atoms with Crippen molar-refractivity contribution in [1.82, 2.24) is 4.98 Å². The van der Waals surface area contributed by atoms with E-state index < -0.39 is 0 Å². The summed E-state index contributed by atoms with van der Waals surface area (Å²) < 4.78 is 0. The third kappa shape index (κ3) is 1.74. The van der Waals surface area contributed by atoms with Crippen LogP contribution in [0.25, 0.3) is 10.9 Å².